The van der Waals surface area contributed by atoms with Crippen LogP contribution in [0.15, 0.2) is 30.7 Å². The molecule has 4 rings (SSSR count). The molecule has 2 aliphatic rings. The number of nitrogens with zero attached hydrogens (tertiary/aromatic N) is 3. The second-order valence-electron chi connectivity index (χ2n) is 6.86. The zero-order valence-electron chi connectivity index (χ0n) is 14.6. The van der Waals surface area contributed by atoms with E-state index in [1.165, 1.54) is 0 Å². The Morgan fingerprint density at radius 2 is 2.15 bits per heavy atom. The number of halogens is 1. The third-order valence-corrected chi connectivity index (χ3v) is 6.90. The van der Waals surface area contributed by atoms with E-state index in [0.717, 1.165) is 12.8 Å². The average Bonchev–Trinajstić information content (AvgIpc) is 3.44. The highest BCUT2D eigenvalue weighted by Gasteiger charge is 2.39. The van der Waals surface area contributed by atoms with Crippen molar-refractivity contribution in [2.45, 2.75) is 30.6 Å². The first-order chi connectivity index (χ1) is 13.0. The van der Waals surface area contributed by atoms with Gasteiger partial charge in [-0.05, 0) is 31.4 Å². The lowest BCUT2D eigenvalue weighted by molar-refractivity contribution is 0.0186. The van der Waals surface area contributed by atoms with Crippen molar-refractivity contribution < 1.29 is 17.9 Å². The van der Waals surface area contributed by atoms with Gasteiger partial charge >= 0.3 is 0 Å². The molecule has 27 heavy (non-hydrogen) atoms. The van der Waals surface area contributed by atoms with Crippen LogP contribution in [0.1, 0.15) is 19.3 Å². The summed E-state index contributed by atoms with van der Waals surface area (Å²) < 4.78 is 40.2. The zero-order chi connectivity index (χ0) is 18.9. The van der Waals surface area contributed by atoms with Gasteiger partial charge < -0.3 is 9.47 Å². The van der Waals surface area contributed by atoms with Crippen molar-refractivity contribution in [3.05, 3.63) is 35.7 Å². The normalized spacial score (nSPS) is 23.3. The lowest BCUT2D eigenvalue weighted by atomic mass is 9.98. The maximum atomic E-state index is 12.2. The summed E-state index contributed by atoms with van der Waals surface area (Å²) in [6, 6.07) is 3.41. The third-order valence-electron chi connectivity index (χ3n) is 4.72. The second kappa shape index (κ2) is 7.75. The summed E-state index contributed by atoms with van der Waals surface area (Å²) >= 11 is 5.86. The summed E-state index contributed by atoms with van der Waals surface area (Å²) in [6.07, 6.45) is 6.97. The SMILES string of the molecule is O=S(=O)(N[C@H]1CCOC[C@@H]1COc1ccc(-n2cc(Cl)cn2)nc1)C1CC1. The van der Waals surface area contributed by atoms with E-state index in [1.54, 1.807) is 35.4 Å². The molecule has 2 aromatic heterocycles. The van der Waals surface area contributed by atoms with Crippen molar-refractivity contribution in [3.8, 4) is 11.6 Å². The lowest BCUT2D eigenvalue weighted by Gasteiger charge is -2.31. The van der Waals surface area contributed by atoms with Crippen LogP contribution in [0.25, 0.3) is 5.82 Å². The van der Waals surface area contributed by atoms with E-state index in [2.05, 4.69) is 14.8 Å². The molecule has 0 spiro atoms. The summed E-state index contributed by atoms with van der Waals surface area (Å²) in [5, 5.41) is 4.41. The highest BCUT2D eigenvalue weighted by atomic mass is 35.5. The average molecular weight is 413 g/mol. The minimum Gasteiger partial charge on any atom is -0.492 e. The highest BCUT2D eigenvalue weighted by Crippen LogP contribution is 2.29. The first-order valence-corrected chi connectivity index (χ1v) is 10.8. The van der Waals surface area contributed by atoms with E-state index < -0.39 is 10.0 Å². The Hall–Kier alpha value is -1.68. The molecule has 2 aromatic rings. The molecule has 10 heteroatoms. The summed E-state index contributed by atoms with van der Waals surface area (Å²) in [6.45, 7) is 1.37. The van der Waals surface area contributed by atoms with Crippen molar-refractivity contribution in [1.82, 2.24) is 19.5 Å². The monoisotopic (exact) mass is 412 g/mol. The van der Waals surface area contributed by atoms with Crippen LogP contribution in [0.3, 0.4) is 0 Å². The van der Waals surface area contributed by atoms with Gasteiger partial charge in [0.2, 0.25) is 10.0 Å². The fraction of sp³-hybridized carbons (Fsp3) is 0.529. The van der Waals surface area contributed by atoms with Gasteiger partial charge in [-0.2, -0.15) is 5.10 Å². The predicted octanol–water partition coefficient (Wildman–Crippen LogP) is 1.79. The maximum absolute atomic E-state index is 12.2. The van der Waals surface area contributed by atoms with Gasteiger partial charge in [-0.1, -0.05) is 11.6 Å². The molecule has 1 saturated heterocycles. The summed E-state index contributed by atoms with van der Waals surface area (Å²) in [5.74, 6) is 1.19. The molecule has 2 atom stereocenters. The fourth-order valence-electron chi connectivity index (χ4n) is 3.02. The van der Waals surface area contributed by atoms with Crippen LogP contribution in [-0.2, 0) is 14.8 Å². The number of sulfonamides is 1. The molecular weight excluding hydrogens is 392 g/mol. The molecule has 1 N–H and O–H groups in total. The van der Waals surface area contributed by atoms with Gasteiger partial charge in [0, 0.05) is 18.6 Å². The number of hydrogen-bond acceptors (Lipinski definition) is 6. The van der Waals surface area contributed by atoms with Gasteiger partial charge in [0.25, 0.3) is 0 Å². The molecule has 2 fully saturated rings. The molecule has 1 saturated carbocycles. The van der Waals surface area contributed by atoms with Gasteiger partial charge in [-0.15, -0.1) is 0 Å². The van der Waals surface area contributed by atoms with Crippen LogP contribution in [0.4, 0.5) is 0 Å². The lowest BCUT2D eigenvalue weighted by Crippen LogP contribution is -2.48. The van der Waals surface area contributed by atoms with Crippen molar-refractivity contribution in [3.63, 3.8) is 0 Å². The Kier molecular flexibility index (Phi) is 5.36. The first kappa shape index (κ1) is 18.7. The number of rotatable bonds is 7. The quantitative estimate of drug-likeness (QED) is 0.744. The molecule has 3 heterocycles. The molecule has 0 radical (unpaired) electrons. The molecule has 8 nitrogen and oxygen atoms in total. The minimum atomic E-state index is -3.23. The second-order valence-corrected chi connectivity index (χ2v) is 9.29. The van der Waals surface area contributed by atoms with Crippen LogP contribution in [0, 0.1) is 5.92 Å². The van der Waals surface area contributed by atoms with E-state index in [4.69, 9.17) is 21.1 Å². The van der Waals surface area contributed by atoms with Crippen molar-refractivity contribution in [2.75, 3.05) is 19.8 Å². The molecule has 0 amide bonds. The third kappa shape index (κ3) is 4.60. The molecule has 146 valence electrons. The van der Waals surface area contributed by atoms with Gasteiger partial charge in [0.15, 0.2) is 5.82 Å². The van der Waals surface area contributed by atoms with E-state index in [9.17, 15) is 8.42 Å². The molecule has 0 unspecified atom stereocenters. The minimum absolute atomic E-state index is 0.0446. The topological polar surface area (TPSA) is 95.3 Å². The largest absolute Gasteiger partial charge is 0.492 e. The number of aromatic nitrogens is 3. The van der Waals surface area contributed by atoms with E-state index in [1.807, 2.05) is 0 Å². The van der Waals surface area contributed by atoms with Crippen LogP contribution >= 0.6 is 11.6 Å². The number of hydrogen-bond donors (Lipinski definition) is 1. The van der Waals surface area contributed by atoms with Crippen molar-refractivity contribution in [2.24, 2.45) is 5.92 Å². The predicted molar refractivity (Wildman–Crippen MR) is 99.7 cm³/mol. The first-order valence-electron chi connectivity index (χ1n) is 8.89. The van der Waals surface area contributed by atoms with E-state index in [0.29, 0.717) is 42.8 Å². The summed E-state index contributed by atoms with van der Waals surface area (Å²) in [7, 11) is -3.23. The number of pyridine rings is 1. The van der Waals surface area contributed by atoms with Crippen LogP contribution in [0.5, 0.6) is 5.75 Å². The summed E-state index contributed by atoms with van der Waals surface area (Å²) in [5.41, 5.74) is 0. The standard InChI is InChI=1S/C17H21ClN4O4S/c18-13-7-20-22(9-13)17-4-1-14(8-19-17)26-11-12-10-25-6-5-16(12)21-27(23,24)15-2-3-15/h1,4,7-9,12,15-16,21H,2-3,5-6,10-11H2/t12-,16+/m1/s1. The fourth-order valence-corrected chi connectivity index (χ4v) is 4.84. The maximum Gasteiger partial charge on any atom is 0.214 e. The molecule has 1 aliphatic carbocycles. The Morgan fingerprint density at radius 1 is 1.30 bits per heavy atom. The number of nitrogens with one attached hydrogen (secondary N) is 1. The van der Waals surface area contributed by atoms with Crippen LogP contribution < -0.4 is 9.46 Å². The van der Waals surface area contributed by atoms with Crippen molar-refractivity contribution in [1.29, 1.82) is 0 Å². The molecule has 0 aromatic carbocycles. The molecular formula is C17H21ClN4O4S. The Bertz CT molecular complexity index is 883. The Morgan fingerprint density at radius 3 is 2.81 bits per heavy atom. The zero-order valence-corrected chi connectivity index (χ0v) is 16.2. The van der Waals surface area contributed by atoms with Gasteiger partial charge in [0.05, 0.1) is 42.1 Å². The molecule has 1 aliphatic heterocycles. The summed E-state index contributed by atoms with van der Waals surface area (Å²) in [4.78, 5) is 4.31. The van der Waals surface area contributed by atoms with Gasteiger partial charge in [-0.25, -0.2) is 22.8 Å². The Balaban J connectivity index is 1.36. The van der Waals surface area contributed by atoms with E-state index >= 15 is 0 Å². The van der Waals surface area contributed by atoms with E-state index in [-0.39, 0.29) is 17.2 Å². The van der Waals surface area contributed by atoms with Crippen LogP contribution in [0.2, 0.25) is 5.02 Å². The highest BCUT2D eigenvalue weighted by molar-refractivity contribution is 7.90. The number of ether oxygens (including phenoxy) is 2. The van der Waals surface area contributed by atoms with Gasteiger partial charge in [0.1, 0.15) is 5.75 Å². The smallest absolute Gasteiger partial charge is 0.214 e. The Labute approximate surface area is 162 Å². The van der Waals surface area contributed by atoms with Crippen LogP contribution in [-0.4, -0.2) is 54.3 Å². The van der Waals surface area contributed by atoms with Crippen molar-refractivity contribution >= 4 is 21.6 Å². The molecule has 0 bridgehead atoms. The van der Waals surface area contributed by atoms with Gasteiger partial charge in [-0.3, -0.25) is 0 Å².